The summed E-state index contributed by atoms with van der Waals surface area (Å²) < 4.78 is 43.1. The first-order valence-electron chi connectivity index (χ1n) is 27.2. The highest BCUT2D eigenvalue weighted by Crippen LogP contribution is 2.41. The molecule has 9 aromatic rings. The van der Waals surface area contributed by atoms with Crippen molar-refractivity contribution in [3.05, 3.63) is 108 Å². The molecular weight excluding hydrogens is 1170 g/mol. The van der Waals surface area contributed by atoms with E-state index >= 15 is 0 Å². The summed E-state index contributed by atoms with van der Waals surface area (Å²) in [4.78, 5) is 65.2. The average molecular weight is 1240 g/mol. The van der Waals surface area contributed by atoms with Crippen LogP contribution in [-0.4, -0.2) is 160 Å². The van der Waals surface area contributed by atoms with Gasteiger partial charge in [0.25, 0.3) is 17.7 Å². The van der Waals surface area contributed by atoms with Crippen molar-refractivity contribution in [2.75, 3.05) is 74.8 Å². The van der Waals surface area contributed by atoms with Crippen molar-refractivity contribution >= 4 is 81.1 Å². The summed E-state index contributed by atoms with van der Waals surface area (Å²) in [5.74, 6) is -1.82. The first kappa shape index (κ1) is 62.7. The standard InChI is InChI=1S/2C20H21FN8O3.C16H18N8O2/c2*1-22-20(31)17-14(8-16(26-27-17)25-19(30)11-7-12(11)21)24-13-6-4-5-10(18(13)32-3)15-9-23-29(2)28-15;1-18-16(25)14-11(7-13(17)21-22-14)20-10-6-4-5-9(15(10)26-3)12-8-19-24(2)23-12/h2*4-6,8-9,11-12H,7H2,1-3H3,(H,22,31)(H2,24,25,26,30);4-8H,1-3H3,(H,18,25)(H3,17,20,21)/t2*11-,12-;/m11./s1. The summed E-state index contributed by atoms with van der Waals surface area (Å²) in [6, 6.07) is 20.7. The van der Waals surface area contributed by atoms with Crippen molar-refractivity contribution < 1.29 is 47.0 Å². The number of para-hydroxylation sites is 3. The molecule has 0 unspecified atom stereocenters. The molecule has 90 heavy (non-hydrogen) atoms. The Hall–Kier alpha value is -11.9. The van der Waals surface area contributed by atoms with E-state index in [2.05, 4.69) is 104 Å². The Morgan fingerprint density at radius 2 is 0.789 bits per heavy atom. The minimum absolute atomic E-state index is 0.00671. The third-order valence-electron chi connectivity index (χ3n) is 13.4. The van der Waals surface area contributed by atoms with E-state index in [4.69, 9.17) is 19.9 Å². The number of carbonyl (C=O) groups is 5. The van der Waals surface area contributed by atoms with Gasteiger partial charge in [-0.1, -0.05) is 18.2 Å². The van der Waals surface area contributed by atoms with Gasteiger partial charge in [0.1, 0.15) is 35.2 Å². The minimum Gasteiger partial charge on any atom is -0.494 e. The number of aryl methyl sites for hydroxylation is 3. The highest BCUT2D eigenvalue weighted by atomic mass is 19.1. The first-order valence-corrected chi connectivity index (χ1v) is 27.2. The molecule has 2 saturated carbocycles. The van der Waals surface area contributed by atoms with E-state index in [0.29, 0.717) is 68.2 Å². The molecule has 32 nitrogen and oxygen atoms in total. The van der Waals surface area contributed by atoms with E-state index in [1.54, 1.807) is 71.1 Å². The predicted octanol–water partition coefficient (Wildman–Crippen LogP) is 4.33. The molecule has 0 spiro atoms. The second kappa shape index (κ2) is 27.7. The molecule has 11 rings (SSSR count). The number of benzene rings is 3. The molecule has 2 fully saturated rings. The maximum absolute atomic E-state index is 13.2. The number of nitrogen functional groups attached to an aromatic ring is 1. The zero-order valence-electron chi connectivity index (χ0n) is 49.7. The Kier molecular flexibility index (Phi) is 19.3. The summed E-state index contributed by atoms with van der Waals surface area (Å²) in [7, 11) is 14.2. The molecule has 2 aliphatic carbocycles. The maximum atomic E-state index is 13.2. The molecule has 34 heteroatoms. The number of nitrogens with zero attached hydrogens (tertiary/aromatic N) is 15. The average Bonchev–Trinajstić information content (AvgIpc) is 1.23. The molecule has 0 bridgehead atoms. The topological polar surface area (TPSA) is 405 Å². The molecule has 466 valence electrons. The molecule has 0 saturated heterocycles. The van der Waals surface area contributed by atoms with Gasteiger partial charge < -0.3 is 62.5 Å². The van der Waals surface area contributed by atoms with Gasteiger partial charge in [0, 0.05) is 77.2 Å². The quantitative estimate of drug-likeness (QED) is 0.0544. The molecule has 3 aromatic carbocycles. The minimum atomic E-state index is -1.14. The van der Waals surface area contributed by atoms with Crippen molar-refractivity contribution in [1.82, 2.24) is 91.5 Å². The number of anilines is 9. The van der Waals surface area contributed by atoms with Gasteiger partial charge in [0.05, 0.1) is 85.9 Å². The van der Waals surface area contributed by atoms with Gasteiger partial charge in [0.2, 0.25) is 11.8 Å². The monoisotopic (exact) mass is 1230 g/mol. The number of halogens is 2. The van der Waals surface area contributed by atoms with Crippen molar-refractivity contribution in [3.8, 4) is 51.0 Å². The molecule has 4 atom stereocenters. The van der Waals surface area contributed by atoms with Crippen molar-refractivity contribution in [1.29, 1.82) is 0 Å². The Bertz CT molecular complexity index is 3960. The van der Waals surface area contributed by atoms with Crippen LogP contribution >= 0.6 is 0 Å². The van der Waals surface area contributed by atoms with Gasteiger partial charge >= 0.3 is 0 Å². The van der Waals surface area contributed by atoms with Crippen molar-refractivity contribution in [2.45, 2.75) is 25.2 Å². The van der Waals surface area contributed by atoms with Gasteiger partial charge in [-0.15, -0.1) is 30.6 Å². The van der Waals surface area contributed by atoms with E-state index in [1.165, 1.54) is 68.0 Å². The van der Waals surface area contributed by atoms with Crippen molar-refractivity contribution in [3.63, 3.8) is 0 Å². The second-order valence-corrected chi connectivity index (χ2v) is 19.6. The summed E-state index contributed by atoms with van der Waals surface area (Å²) in [6.07, 6.45) is 2.95. The van der Waals surface area contributed by atoms with Crippen LogP contribution in [0.5, 0.6) is 17.2 Å². The Balaban J connectivity index is 0.000000161. The Morgan fingerprint density at radius 1 is 0.478 bits per heavy atom. The van der Waals surface area contributed by atoms with E-state index in [0.717, 1.165) is 5.56 Å². The SMILES string of the molecule is CNC(=O)c1nnc(N)cc1Nc1cccc(-c2cnn(C)n2)c1OC.CNC(=O)c1nnc(NC(=O)[C@@H]2C[C@H]2F)cc1Nc1cccc(-c2cnn(C)n2)c1OC.CNC(=O)c1nnc(NC(=O)[C@@H]2C[C@H]2F)cc1Nc1cccc(-c2cnn(C)n2)c1OC. The molecule has 6 heterocycles. The van der Waals surface area contributed by atoms with Crippen molar-refractivity contribution in [2.24, 2.45) is 33.0 Å². The lowest BCUT2D eigenvalue weighted by Gasteiger charge is -2.16. The third kappa shape index (κ3) is 14.5. The predicted molar refractivity (Wildman–Crippen MR) is 323 cm³/mol. The summed E-state index contributed by atoms with van der Waals surface area (Å²) in [5, 5.41) is 70.4. The number of hydrogen-bond donors (Lipinski definition) is 9. The highest BCUT2D eigenvalue weighted by molar-refractivity contribution is 6.02. The fourth-order valence-electron chi connectivity index (χ4n) is 8.78. The number of amides is 5. The van der Waals surface area contributed by atoms with E-state index in [-0.39, 0.29) is 64.7 Å². The van der Waals surface area contributed by atoms with Crippen LogP contribution in [0.3, 0.4) is 0 Å². The number of nitrogens with one attached hydrogen (secondary N) is 8. The number of alkyl halides is 2. The van der Waals surface area contributed by atoms with E-state index in [1.807, 2.05) is 30.3 Å². The first-order chi connectivity index (χ1) is 43.3. The van der Waals surface area contributed by atoms with Crippen LogP contribution in [0.15, 0.2) is 91.4 Å². The van der Waals surface area contributed by atoms with Gasteiger partial charge in [-0.3, -0.25) is 24.0 Å². The normalized spacial score (nSPS) is 15.0. The zero-order valence-corrected chi connectivity index (χ0v) is 49.7. The number of aromatic nitrogens is 15. The van der Waals surface area contributed by atoms with Gasteiger partial charge in [-0.25, -0.2) is 8.78 Å². The highest BCUT2D eigenvalue weighted by Gasteiger charge is 2.44. The fraction of sp³-hybridized carbons (Fsp3) is 0.268. The van der Waals surface area contributed by atoms with Gasteiger partial charge in [-0.2, -0.15) is 45.0 Å². The van der Waals surface area contributed by atoms with Crippen LogP contribution in [-0.2, 0) is 30.7 Å². The van der Waals surface area contributed by atoms with Crippen LogP contribution in [0.1, 0.15) is 44.3 Å². The van der Waals surface area contributed by atoms with E-state index in [9.17, 15) is 32.8 Å². The largest absolute Gasteiger partial charge is 0.494 e. The smallest absolute Gasteiger partial charge is 0.273 e. The summed E-state index contributed by atoms with van der Waals surface area (Å²) in [6.45, 7) is 0. The number of nitrogens with two attached hydrogens (primary N) is 1. The molecule has 6 aromatic heterocycles. The molecule has 2 aliphatic rings. The third-order valence-corrected chi connectivity index (χ3v) is 13.4. The van der Waals surface area contributed by atoms with Crippen LogP contribution < -0.4 is 62.5 Å². The lowest BCUT2D eigenvalue weighted by molar-refractivity contribution is -0.118. The van der Waals surface area contributed by atoms with Gasteiger partial charge in [0.15, 0.2) is 46.0 Å². The summed E-state index contributed by atoms with van der Waals surface area (Å²) >= 11 is 0. The Morgan fingerprint density at radius 3 is 1.07 bits per heavy atom. The van der Waals surface area contributed by atoms with E-state index < -0.39 is 47.8 Å². The molecule has 5 amide bonds. The van der Waals surface area contributed by atoms with Crippen LogP contribution in [0, 0.1) is 11.8 Å². The van der Waals surface area contributed by atoms with Crippen LogP contribution in [0.2, 0.25) is 0 Å². The zero-order chi connectivity index (χ0) is 64.3. The number of ether oxygens (including phenoxy) is 3. The number of hydrogen-bond acceptors (Lipinski definition) is 24. The van der Waals surface area contributed by atoms with Crippen LogP contribution in [0.4, 0.5) is 60.4 Å². The number of rotatable bonds is 19. The fourth-order valence-corrected chi connectivity index (χ4v) is 8.78. The molecular formula is C56H60F2N24O8. The Labute approximate surface area is 510 Å². The second-order valence-electron chi connectivity index (χ2n) is 19.6. The number of methoxy groups -OCH3 is 3. The molecule has 0 aliphatic heterocycles. The van der Waals surface area contributed by atoms with Gasteiger partial charge in [-0.05, 0) is 49.2 Å². The lowest BCUT2D eigenvalue weighted by Crippen LogP contribution is -2.22. The summed E-state index contributed by atoms with van der Waals surface area (Å²) in [5.41, 5.74) is 12.5. The maximum Gasteiger partial charge on any atom is 0.273 e. The molecule has 10 N–H and O–H groups in total. The lowest BCUT2D eigenvalue weighted by atomic mass is 10.1. The number of carbonyl (C=O) groups excluding carboxylic acids is 5. The molecule has 0 radical (unpaired) electrons. The van der Waals surface area contributed by atoms with Crippen LogP contribution in [0.25, 0.3) is 33.8 Å².